The molecule has 0 aliphatic carbocycles. The SMILES string of the molecule is CCCCN(CCCN(C)C)C(=O)CN1C[C@H](c2ccc3c(c2)OCO3)C(C(=O)O)[C@@H]1CCN1CC(C)(C)CC1=O. The zero-order chi connectivity index (χ0) is 29.7. The van der Waals surface area contributed by atoms with Crippen molar-refractivity contribution in [2.45, 2.75) is 64.8 Å². The zero-order valence-electron chi connectivity index (χ0n) is 25.4. The molecular weight excluding hydrogens is 524 g/mol. The summed E-state index contributed by atoms with van der Waals surface area (Å²) in [6, 6.07) is 5.25. The molecule has 10 nitrogen and oxygen atoms in total. The Morgan fingerprint density at radius 3 is 2.49 bits per heavy atom. The maximum absolute atomic E-state index is 13.7. The first-order chi connectivity index (χ1) is 19.5. The molecule has 41 heavy (non-hydrogen) atoms. The van der Waals surface area contributed by atoms with Gasteiger partial charge in [0.15, 0.2) is 11.5 Å². The van der Waals surface area contributed by atoms with Gasteiger partial charge < -0.3 is 29.3 Å². The van der Waals surface area contributed by atoms with E-state index in [0.717, 1.165) is 31.4 Å². The summed E-state index contributed by atoms with van der Waals surface area (Å²) in [6.07, 6.45) is 3.82. The molecule has 4 rings (SSSR count). The van der Waals surface area contributed by atoms with Crippen LogP contribution in [0.1, 0.15) is 64.4 Å². The first kappa shape index (κ1) is 31.1. The largest absolute Gasteiger partial charge is 0.481 e. The Morgan fingerprint density at radius 1 is 1.10 bits per heavy atom. The van der Waals surface area contributed by atoms with E-state index in [9.17, 15) is 19.5 Å². The van der Waals surface area contributed by atoms with Crippen molar-refractivity contribution < 1.29 is 29.0 Å². The monoisotopic (exact) mass is 572 g/mol. The van der Waals surface area contributed by atoms with Crippen LogP contribution in [-0.2, 0) is 14.4 Å². The third-order valence-corrected chi connectivity index (χ3v) is 8.66. The molecule has 1 aromatic carbocycles. The number of carbonyl (C=O) groups excluding carboxylic acids is 2. The molecule has 3 aliphatic rings. The number of carbonyl (C=O) groups is 3. The number of rotatable bonds is 14. The van der Waals surface area contributed by atoms with Crippen molar-refractivity contribution in [3.63, 3.8) is 0 Å². The quantitative estimate of drug-likeness (QED) is 0.363. The summed E-state index contributed by atoms with van der Waals surface area (Å²) >= 11 is 0. The maximum atomic E-state index is 13.7. The van der Waals surface area contributed by atoms with Crippen molar-refractivity contribution in [3.8, 4) is 11.5 Å². The Labute approximate surface area is 244 Å². The minimum atomic E-state index is -0.880. The van der Waals surface area contributed by atoms with Crippen LogP contribution in [0, 0.1) is 11.3 Å². The smallest absolute Gasteiger partial charge is 0.308 e. The van der Waals surface area contributed by atoms with E-state index < -0.39 is 11.9 Å². The number of fused-ring (bicyclic) bond motifs is 1. The minimum absolute atomic E-state index is 0.0380. The van der Waals surface area contributed by atoms with E-state index in [1.807, 2.05) is 42.1 Å². The van der Waals surface area contributed by atoms with E-state index in [4.69, 9.17) is 9.47 Å². The highest BCUT2D eigenvalue weighted by Crippen LogP contribution is 2.43. The van der Waals surface area contributed by atoms with Crippen LogP contribution in [0.4, 0.5) is 0 Å². The summed E-state index contributed by atoms with van der Waals surface area (Å²) in [5.41, 5.74) is 0.782. The number of ether oxygens (including phenoxy) is 2. The van der Waals surface area contributed by atoms with Gasteiger partial charge in [-0.25, -0.2) is 0 Å². The standard InChI is InChI=1S/C31H48N4O6/c1-6-7-13-33(14-8-12-32(4)5)28(37)19-35-18-23(22-9-10-25-26(16-22)41-21-40-25)29(30(38)39)24(35)11-15-34-20-31(2,3)17-27(34)36/h9-10,16,23-24,29H,6-8,11-15,17-21H2,1-5H3,(H,38,39)/t23-,24+,29?/m1/s1. The molecule has 0 aromatic heterocycles. The topological polar surface area (TPSA) is 103 Å². The minimum Gasteiger partial charge on any atom is -0.481 e. The van der Waals surface area contributed by atoms with Gasteiger partial charge in [-0.05, 0) is 63.0 Å². The molecule has 1 aromatic rings. The molecule has 2 saturated heterocycles. The molecule has 0 bridgehead atoms. The summed E-state index contributed by atoms with van der Waals surface area (Å²) in [5.74, 6) is -0.488. The predicted octanol–water partition coefficient (Wildman–Crippen LogP) is 3.11. The van der Waals surface area contributed by atoms with E-state index in [0.29, 0.717) is 57.1 Å². The van der Waals surface area contributed by atoms with Gasteiger partial charge in [0.25, 0.3) is 0 Å². The molecule has 10 heteroatoms. The average molecular weight is 573 g/mol. The zero-order valence-corrected chi connectivity index (χ0v) is 25.4. The molecule has 0 spiro atoms. The second-order valence-electron chi connectivity index (χ2n) is 12.9. The number of nitrogens with zero attached hydrogens (tertiary/aromatic N) is 4. The number of hydrogen-bond donors (Lipinski definition) is 1. The Hall–Kier alpha value is -2.85. The number of hydrogen-bond acceptors (Lipinski definition) is 7. The van der Waals surface area contributed by atoms with Gasteiger partial charge in [-0.3, -0.25) is 19.3 Å². The molecule has 3 heterocycles. The van der Waals surface area contributed by atoms with E-state index in [2.05, 4.69) is 30.6 Å². The summed E-state index contributed by atoms with van der Waals surface area (Å²) in [4.78, 5) is 47.3. The van der Waals surface area contributed by atoms with Gasteiger partial charge >= 0.3 is 5.97 Å². The van der Waals surface area contributed by atoms with E-state index >= 15 is 0 Å². The van der Waals surface area contributed by atoms with Crippen molar-refractivity contribution in [3.05, 3.63) is 23.8 Å². The molecule has 3 atom stereocenters. The van der Waals surface area contributed by atoms with Crippen LogP contribution < -0.4 is 9.47 Å². The van der Waals surface area contributed by atoms with Crippen LogP contribution in [0.5, 0.6) is 11.5 Å². The molecule has 2 amide bonds. The molecule has 1 N–H and O–H groups in total. The van der Waals surface area contributed by atoms with Crippen molar-refractivity contribution in [1.29, 1.82) is 0 Å². The normalized spacial score (nSPS) is 23.5. The number of carboxylic acids is 1. The van der Waals surface area contributed by atoms with Crippen molar-refractivity contribution in [2.24, 2.45) is 11.3 Å². The van der Waals surface area contributed by atoms with Gasteiger partial charge in [-0.2, -0.15) is 0 Å². The second kappa shape index (κ2) is 13.4. The van der Waals surface area contributed by atoms with E-state index in [-0.39, 0.29) is 42.5 Å². The van der Waals surface area contributed by atoms with Crippen LogP contribution in [0.3, 0.4) is 0 Å². The van der Waals surface area contributed by atoms with Gasteiger partial charge in [0.1, 0.15) is 0 Å². The second-order valence-corrected chi connectivity index (χ2v) is 12.9. The fourth-order valence-electron chi connectivity index (χ4n) is 6.57. The fraction of sp³-hybridized carbons (Fsp3) is 0.710. The lowest BCUT2D eigenvalue weighted by Crippen LogP contribution is -2.46. The number of benzene rings is 1. The van der Waals surface area contributed by atoms with Gasteiger partial charge in [0.2, 0.25) is 18.6 Å². The van der Waals surface area contributed by atoms with Crippen LogP contribution >= 0.6 is 0 Å². The van der Waals surface area contributed by atoms with Crippen molar-refractivity contribution >= 4 is 17.8 Å². The molecule has 3 aliphatic heterocycles. The third-order valence-electron chi connectivity index (χ3n) is 8.66. The molecule has 1 unspecified atom stereocenters. The number of aliphatic carboxylic acids is 1. The summed E-state index contributed by atoms with van der Waals surface area (Å²) in [6.45, 7) is 10.5. The van der Waals surface area contributed by atoms with Gasteiger partial charge in [0, 0.05) is 51.1 Å². The van der Waals surface area contributed by atoms with E-state index in [1.165, 1.54) is 0 Å². The van der Waals surface area contributed by atoms with E-state index in [1.54, 1.807) is 0 Å². The number of amides is 2. The Kier molecular flexibility index (Phi) is 10.2. The van der Waals surface area contributed by atoms with Crippen LogP contribution in [0.25, 0.3) is 0 Å². The summed E-state index contributed by atoms with van der Waals surface area (Å²) in [5, 5.41) is 10.5. The fourth-order valence-corrected chi connectivity index (χ4v) is 6.57. The number of likely N-dealkylation sites (tertiary alicyclic amines) is 2. The lowest BCUT2D eigenvalue weighted by atomic mass is 9.84. The van der Waals surface area contributed by atoms with Crippen molar-refractivity contribution in [2.75, 3.05) is 66.7 Å². The number of carboxylic acid groups (broad SMARTS) is 1. The van der Waals surface area contributed by atoms with Crippen molar-refractivity contribution in [1.82, 2.24) is 19.6 Å². The summed E-state index contributed by atoms with van der Waals surface area (Å²) < 4.78 is 11.1. The molecular formula is C31H48N4O6. The Balaban J connectivity index is 1.56. The first-order valence-corrected chi connectivity index (χ1v) is 15.1. The Morgan fingerprint density at radius 2 is 1.83 bits per heavy atom. The predicted molar refractivity (Wildman–Crippen MR) is 156 cm³/mol. The molecule has 228 valence electrons. The third kappa shape index (κ3) is 7.71. The van der Waals surface area contributed by atoms with Gasteiger partial charge in [0.05, 0.1) is 12.5 Å². The number of unbranched alkanes of at least 4 members (excludes halogenated alkanes) is 1. The lowest BCUT2D eigenvalue weighted by Gasteiger charge is -2.31. The Bertz CT molecular complexity index is 1090. The highest BCUT2D eigenvalue weighted by Gasteiger charge is 2.48. The van der Waals surface area contributed by atoms with Gasteiger partial charge in [-0.1, -0.05) is 33.3 Å². The molecule has 2 fully saturated rings. The highest BCUT2D eigenvalue weighted by atomic mass is 16.7. The summed E-state index contributed by atoms with van der Waals surface area (Å²) in [7, 11) is 4.06. The highest BCUT2D eigenvalue weighted by molar-refractivity contribution is 5.80. The van der Waals surface area contributed by atoms with Crippen LogP contribution in [-0.4, -0.2) is 115 Å². The lowest BCUT2D eigenvalue weighted by molar-refractivity contribution is -0.144. The van der Waals surface area contributed by atoms with Gasteiger partial charge in [-0.15, -0.1) is 0 Å². The van der Waals surface area contributed by atoms with Crippen LogP contribution in [0.15, 0.2) is 18.2 Å². The molecule has 0 saturated carbocycles. The average Bonchev–Trinajstić information content (AvgIpc) is 3.58. The first-order valence-electron chi connectivity index (χ1n) is 15.1. The molecule has 0 radical (unpaired) electrons. The maximum Gasteiger partial charge on any atom is 0.308 e. The van der Waals surface area contributed by atoms with Crippen LogP contribution in [0.2, 0.25) is 0 Å².